The second-order valence-corrected chi connectivity index (χ2v) is 8.27. The van der Waals surface area contributed by atoms with Crippen LogP contribution in [0.25, 0.3) is 0 Å². The van der Waals surface area contributed by atoms with Crippen LogP contribution in [0.15, 0.2) is 0 Å². The van der Waals surface area contributed by atoms with Gasteiger partial charge in [-0.05, 0) is 0 Å². The molecule has 0 aromatic heterocycles. The molecule has 0 saturated carbocycles. The predicted molar refractivity (Wildman–Crippen MR) is 76.2 cm³/mol. The third-order valence-electron chi connectivity index (χ3n) is 0. The summed E-state index contributed by atoms with van der Waals surface area (Å²) >= 11 is 0. The third-order valence-corrected chi connectivity index (χ3v) is 0. The fourth-order valence-electron chi connectivity index (χ4n) is 0. The van der Waals surface area contributed by atoms with Crippen molar-refractivity contribution in [3.63, 3.8) is 0 Å². The summed E-state index contributed by atoms with van der Waals surface area (Å²) in [4.78, 5) is 71.1. The Morgan fingerprint density at radius 3 is 0.548 bits per heavy atom. The molecule has 18 nitrogen and oxygen atoms in total. The van der Waals surface area contributed by atoms with Gasteiger partial charge >= 0.3 is 68.9 Å². The van der Waals surface area contributed by atoms with E-state index in [9.17, 15) is 24.9 Å². The Morgan fingerprint density at radius 2 is 0.548 bits per heavy atom. The fourth-order valence-corrected chi connectivity index (χ4v) is 0. The van der Waals surface area contributed by atoms with Crippen LogP contribution in [0.2, 0.25) is 0 Å². The summed E-state index contributed by atoms with van der Waals surface area (Å²) in [7, 11) is -31.1. The summed E-state index contributed by atoms with van der Waals surface area (Å²) < 4.78 is 129. The minimum absolute atomic E-state index is 0. The number of halogens is 6. The Kier molecular flexibility index (Phi) is 32.0. The van der Waals surface area contributed by atoms with Gasteiger partial charge in [0.1, 0.15) is 0 Å². The summed E-state index contributed by atoms with van der Waals surface area (Å²) in [5.74, 6) is 0. The van der Waals surface area contributed by atoms with Crippen molar-refractivity contribution in [2.45, 2.75) is 0 Å². The average Bonchev–Trinajstić information content (AvgIpc) is 1.94. The van der Waals surface area contributed by atoms with E-state index in [1.807, 2.05) is 0 Å². The van der Waals surface area contributed by atoms with E-state index in [0.717, 1.165) is 0 Å². The summed E-state index contributed by atoms with van der Waals surface area (Å²) in [5, 5.41) is 0. The van der Waals surface area contributed by atoms with E-state index in [1.54, 1.807) is 0 Å². The van der Waals surface area contributed by atoms with E-state index in [2.05, 4.69) is 0 Å². The Labute approximate surface area is 178 Å². The monoisotopic (exact) mass is 606 g/mol. The van der Waals surface area contributed by atoms with Crippen molar-refractivity contribution >= 4 is 50.0 Å². The maximum absolute atomic E-state index is 10.4. The minimum Gasteiger partial charge on any atom is -0.753 e. The van der Waals surface area contributed by atoms with Gasteiger partial charge in [-0.3, -0.25) is 48.3 Å². The molecule has 0 rings (SSSR count). The summed E-state index contributed by atoms with van der Waals surface area (Å²) in [6.45, 7) is 0. The van der Waals surface area contributed by atoms with Crippen molar-refractivity contribution in [3.05, 3.63) is 0 Å². The van der Waals surface area contributed by atoms with E-state index < -0.39 is 50.0 Å². The molecule has 0 aliphatic carbocycles. The second-order valence-electron chi connectivity index (χ2n) is 2.76. The molecular weight excluding hydrogens is 596 g/mol. The zero-order valence-corrected chi connectivity index (χ0v) is 18.9. The van der Waals surface area contributed by atoms with Crippen LogP contribution >= 0.6 is 39.5 Å². The third kappa shape index (κ3) is 36600. The summed E-state index contributed by atoms with van der Waals surface area (Å²) in [6.07, 6.45) is 0. The van der Waals surface area contributed by atoms with Crippen LogP contribution in [-0.2, 0) is 33.3 Å². The van der Waals surface area contributed by atoms with Gasteiger partial charge in [0.25, 0.3) is 0 Å². The van der Waals surface area contributed by atoms with Crippen LogP contribution in [-0.4, -0.2) is 57.0 Å². The van der Waals surface area contributed by atoms with Crippen molar-refractivity contribution in [2.24, 2.45) is 0 Å². The molecule has 0 aliphatic heterocycles. The van der Waals surface area contributed by atoms with Gasteiger partial charge in [0.05, 0.1) is 0 Å². The van der Waals surface area contributed by atoms with Gasteiger partial charge in [-0.25, -0.2) is 18.3 Å². The zero-order chi connectivity index (χ0) is 27.0. The van der Waals surface area contributed by atoms with Gasteiger partial charge in [0.2, 0.25) is 0 Å². The average molecular weight is 606 g/mol. The molecule has 0 amide bonds. The van der Waals surface area contributed by atoms with E-state index in [4.69, 9.17) is 84.7 Å². The smallest absolute Gasteiger partial charge is 0.753 e. The van der Waals surface area contributed by atoms with Crippen LogP contribution < -0.4 is 23.8 Å². The van der Waals surface area contributed by atoms with Crippen molar-refractivity contribution in [3.8, 4) is 0 Å². The quantitative estimate of drug-likeness (QED) is 0.0418. The molecule has 192 valence electrons. The molecule has 1 unspecified atom stereocenters. The predicted octanol–water partition coefficient (Wildman–Crippen LogP) is -3.63. The first-order chi connectivity index (χ1) is 12.0. The molecule has 0 fully saturated rings. The molecule has 0 heterocycles. The molecule has 0 aromatic carbocycles. The van der Waals surface area contributed by atoms with Gasteiger partial charge in [-0.1, -0.05) is 3.89 Å². The van der Waals surface area contributed by atoms with Crippen molar-refractivity contribution in [2.75, 3.05) is 0 Å². The zero-order valence-electron chi connectivity index (χ0n) is 13.7. The fraction of sp³-hybridized carbons (Fsp3) is 0. The Bertz CT molecular complexity index is 583. The number of hydrogen-bond donors (Lipinski definition) is 10. The largest absolute Gasteiger partial charge is 1.00 e. The molecule has 0 aromatic rings. The minimum atomic E-state index is -5.39. The normalized spacial score (nSPS) is 12.9. The maximum Gasteiger partial charge on any atom is 1.00 e. The van der Waals surface area contributed by atoms with Gasteiger partial charge < -0.3 is 9.79 Å². The second kappa shape index (κ2) is 20.2. The van der Waals surface area contributed by atoms with Crippen molar-refractivity contribution < 1.29 is 128 Å². The molecule has 10 N–H and O–H groups in total. The van der Waals surface area contributed by atoms with Gasteiger partial charge in [-0.15, -0.1) is 16.8 Å². The molecule has 0 saturated heterocycles. The first-order valence-electron chi connectivity index (χ1n) is 4.41. The van der Waals surface area contributed by atoms with E-state index in [1.165, 1.54) is 0 Å². The summed E-state index contributed by atoms with van der Waals surface area (Å²) in [6, 6.07) is 0. The Morgan fingerprint density at radius 1 is 0.548 bits per heavy atom. The maximum atomic E-state index is 10.4. The molecule has 0 aliphatic rings. The molecular formula is H10F6LiO18P5S. The van der Waals surface area contributed by atoms with Crippen LogP contribution in [0.4, 0.5) is 24.9 Å². The van der Waals surface area contributed by atoms with Crippen molar-refractivity contribution in [1.29, 1.82) is 0 Å². The van der Waals surface area contributed by atoms with Crippen LogP contribution in [0.5, 0.6) is 0 Å². The van der Waals surface area contributed by atoms with E-state index in [-0.39, 0.29) is 18.9 Å². The Hall–Kier alpha value is 0.837. The number of rotatable bonds is 0. The molecule has 1 atom stereocenters. The van der Waals surface area contributed by atoms with Gasteiger partial charge in [0.15, 0.2) is 0 Å². The van der Waals surface area contributed by atoms with E-state index >= 15 is 0 Å². The first kappa shape index (κ1) is 49.1. The van der Waals surface area contributed by atoms with Crippen LogP contribution in [0.3, 0.4) is 0 Å². The molecule has 0 radical (unpaired) electrons. The Balaban J connectivity index is -0.0000000443. The topological polar surface area (TPSA) is 345 Å². The van der Waals surface area contributed by atoms with Crippen molar-refractivity contribution in [1.82, 2.24) is 0 Å². The SMILES string of the molecule is O=P(O)(O)F.O=P(O)(O)F.O=P(O)(O)F.O=P(O)(O)F.O=P([O-])(O)F.O=S(=O)(O)F.[Li+]. The molecule has 0 bridgehead atoms. The van der Waals surface area contributed by atoms with Gasteiger partial charge in [0, 0.05) is 0 Å². The summed E-state index contributed by atoms with van der Waals surface area (Å²) in [5.41, 5.74) is 0. The number of hydrogen-bond acceptors (Lipinski definition) is 8. The van der Waals surface area contributed by atoms with E-state index in [0.29, 0.717) is 0 Å². The van der Waals surface area contributed by atoms with Gasteiger partial charge in [-0.2, -0.15) is 12.6 Å². The standard InChI is InChI=1S/5FH2O3P.FHO3S.Li/c6*1-5(2,3)4;/h5*(H2,2,3,4);(H,2,3,4);/q;;;;;;+1/p-1. The molecule has 31 heteroatoms. The molecule has 0 spiro atoms. The van der Waals surface area contributed by atoms with Crippen LogP contribution in [0, 0.1) is 0 Å². The van der Waals surface area contributed by atoms with Crippen LogP contribution in [0.1, 0.15) is 0 Å². The first-order valence-corrected chi connectivity index (χ1v) is 13.2. The molecule has 31 heavy (non-hydrogen) atoms.